The first-order valence-electron chi connectivity index (χ1n) is 36.3. The predicted molar refractivity (Wildman–Crippen MR) is 407 cm³/mol. The number of nitrogens with one attached hydrogen (secondary N) is 15. The van der Waals surface area contributed by atoms with Crippen LogP contribution in [0.1, 0.15) is 104 Å². The Kier molecular flexibility index (Phi) is 36.5. The monoisotopic (exact) mass is 1680 g/mol. The number of amides is 17. The molecule has 0 unspecified atom stereocenters. The van der Waals surface area contributed by atoms with E-state index < -0.39 is 277 Å². The van der Waals surface area contributed by atoms with E-state index in [1.807, 2.05) is 0 Å². The Labute approximate surface area is 668 Å². The minimum absolute atomic E-state index is 0.0180. The number of nitrogens with zero attached hydrogens (tertiary/aromatic N) is 4. The van der Waals surface area contributed by atoms with Crippen molar-refractivity contribution < 1.29 is 106 Å². The summed E-state index contributed by atoms with van der Waals surface area (Å²) in [5, 5.41) is 62.5. The first-order chi connectivity index (χ1) is 54.0. The molecule has 17 amide bonds. The van der Waals surface area contributed by atoms with Crippen molar-refractivity contribution in [3.8, 4) is 0 Å². The number of aliphatic carboxylic acids is 2. The molecule has 0 saturated carbocycles. The van der Waals surface area contributed by atoms with Gasteiger partial charge in [0.2, 0.25) is 100 Å². The lowest BCUT2D eigenvalue weighted by Gasteiger charge is -2.31. The zero-order valence-corrected chi connectivity index (χ0v) is 66.1. The Balaban J connectivity index is 1.47. The second kappa shape index (κ2) is 44.9. The Morgan fingerprint density at radius 2 is 0.974 bits per heavy atom. The molecule has 2 aromatic rings. The van der Waals surface area contributed by atoms with Crippen molar-refractivity contribution in [3.63, 3.8) is 0 Å². The third-order valence-electron chi connectivity index (χ3n) is 18.2. The zero-order valence-electron chi connectivity index (χ0n) is 62.8. The molecule has 48 heteroatoms. The lowest BCUT2D eigenvalue weighted by Crippen LogP contribution is -2.62. The molecule has 0 aliphatic carbocycles. The number of hydrogen-bond donors (Lipinski definition) is 21. The highest BCUT2D eigenvalue weighted by molar-refractivity contribution is 8.77. The summed E-state index contributed by atoms with van der Waals surface area (Å²) in [6.45, 7) is 5.30. The molecule has 2 aromatic heterocycles. The predicted octanol–water partition coefficient (Wildman–Crippen LogP) is -8.63. The van der Waals surface area contributed by atoms with Crippen LogP contribution in [0, 0.1) is 11.8 Å². The molecule has 15 atom stereocenters. The van der Waals surface area contributed by atoms with Crippen LogP contribution in [0.5, 0.6) is 0 Å². The van der Waals surface area contributed by atoms with Gasteiger partial charge in [0.15, 0.2) is 0 Å². The van der Waals surface area contributed by atoms with Crippen molar-refractivity contribution >= 4 is 156 Å². The summed E-state index contributed by atoms with van der Waals surface area (Å²) in [5.41, 5.74) is 17.6. The van der Waals surface area contributed by atoms with Gasteiger partial charge in [-0.1, -0.05) is 70.9 Å². The maximum Gasteiger partial charge on any atom is 0.305 e. The van der Waals surface area contributed by atoms with E-state index in [1.165, 1.54) is 45.8 Å². The van der Waals surface area contributed by atoms with E-state index >= 15 is 0 Å². The van der Waals surface area contributed by atoms with E-state index in [2.05, 4.69) is 89.1 Å². The Hall–Kier alpha value is -10.3. The minimum atomic E-state index is -2.12. The molecule has 4 saturated heterocycles. The van der Waals surface area contributed by atoms with Crippen molar-refractivity contribution in [2.24, 2.45) is 29.0 Å². The number of imidazole rings is 2. The summed E-state index contributed by atoms with van der Waals surface area (Å²) >= 11 is 0. The molecular weight excluding hydrogens is 1580 g/mol. The smallest absolute Gasteiger partial charge is 0.305 e. The molecule has 0 radical (unpaired) electrons. The molecule has 6 rings (SSSR count). The first kappa shape index (κ1) is 92.5. The SMILES string of the molecule is CC(C)C[C@@H]1NC(=O)[C@H](CCC(=O)O)NC(=O)[C@@H]2CCCN2C(=O)[C@H](Cc2cnc[nH]2)NC(=O)[C@H](CC(N)=O)NC(=O)[C@H](C(C)C)NC(=O)[C@H](CC(=O)O)NC(=O)[C@@H]2CSSC[C@H](NC(=O)CN)C(=O)N[C@@H](CSSC[C@@H](C(N)=O)NC1=O)C(=O)N[C@@H](CO)C(=O)N[C@@H](Cc1cnc[nH]1)C(=O)N1CCC[C@H]1C(=O)N[C@@H](C)C(=O)N2. The van der Waals surface area contributed by atoms with Gasteiger partial charge >= 0.3 is 11.9 Å². The van der Waals surface area contributed by atoms with Crippen LogP contribution in [0.4, 0.5) is 0 Å². The Bertz CT molecular complexity index is 3830. The third kappa shape index (κ3) is 28.3. The number of aromatic nitrogens is 4. The molecule has 0 aromatic carbocycles. The average Bonchev–Trinajstić information content (AvgIpc) is 1.65. The topological polar surface area (TPSA) is 683 Å². The molecule has 114 heavy (non-hydrogen) atoms. The van der Waals surface area contributed by atoms with Crippen molar-refractivity contribution in [3.05, 3.63) is 36.4 Å². The van der Waals surface area contributed by atoms with Crippen LogP contribution >= 0.6 is 43.2 Å². The van der Waals surface area contributed by atoms with Gasteiger partial charge in [-0.2, -0.15) is 0 Å². The molecule has 4 aliphatic rings. The number of aromatic amines is 2. The van der Waals surface area contributed by atoms with Gasteiger partial charge in [0.25, 0.3) is 0 Å². The lowest BCUT2D eigenvalue weighted by molar-refractivity contribution is -0.143. The number of carboxylic acid groups (broad SMARTS) is 2. The zero-order chi connectivity index (χ0) is 84.2. The van der Waals surface area contributed by atoms with Crippen molar-refractivity contribution in [2.75, 3.05) is 49.3 Å². The van der Waals surface area contributed by atoms with Crippen LogP contribution in [-0.2, 0) is 104 Å². The molecule has 44 nitrogen and oxygen atoms in total. The number of primary amides is 2. The van der Waals surface area contributed by atoms with Gasteiger partial charge in [-0.15, -0.1) is 0 Å². The molecule has 2 bridgehead atoms. The molecule has 24 N–H and O–H groups in total. The fourth-order valence-corrected chi connectivity index (χ4v) is 16.9. The molecule has 0 spiro atoms. The molecule has 6 heterocycles. The molecular formula is C66H98N22O22S4. The number of hydrogen-bond acceptors (Lipinski definition) is 27. The van der Waals surface area contributed by atoms with Gasteiger partial charge in [-0.3, -0.25) is 91.1 Å². The molecule has 628 valence electrons. The number of rotatable bonds is 18. The molecule has 4 aliphatic heterocycles. The maximum absolute atomic E-state index is 14.9. The second-order valence-corrected chi connectivity index (χ2v) is 33.0. The van der Waals surface area contributed by atoms with Crippen LogP contribution in [0.15, 0.2) is 25.0 Å². The summed E-state index contributed by atoms with van der Waals surface area (Å²) in [7, 11) is 3.06. The number of H-pyrrole nitrogens is 2. The summed E-state index contributed by atoms with van der Waals surface area (Å²) in [6.07, 6.45) is 1.13. The number of carbonyl (C=O) groups excluding carboxylic acids is 17. The van der Waals surface area contributed by atoms with Crippen LogP contribution < -0.4 is 86.3 Å². The largest absolute Gasteiger partial charge is 0.481 e. The average molecular weight is 1680 g/mol. The number of aliphatic hydroxyl groups excluding tert-OH is 1. The summed E-state index contributed by atoms with van der Waals surface area (Å²) in [5.74, 6) is -25.0. The number of nitrogens with two attached hydrogens (primary N) is 3. The normalized spacial score (nSPS) is 27.6. The highest BCUT2D eigenvalue weighted by Crippen LogP contribution is 2.27. The lowest BCUT2D eigenvalue weighted by atomic mass is 10.0. The van der Waals surface area contributed by atoms with Gasteiger partial charge in [0.05, 0.1) is 38.6 Å². The quantitative estimate of drug-likeness (QED) is 0.0616. The number of aliphatic hydroxyl groups is 1. The Morgan fingerprint density at radius 1 is 0.518 bits per heavy atom. The van der Waals surface area contributed by atoms with E-state index in [4.69, 9.17) is 17.2 Å². The van der Waals surface area contributed by atoms with Gasteiger partial charge < -0.3 is 121 Å². The number of carboxylic acids is 2. The summed E-state index contributed by atoms with van der Waals surface area (Å²) in [4.78, 5) is 283. The fraction of sp³-hybridized carbons (Fsp3) is 0.621. The van der Waals surface area contributed by atoms with Crippen molar-refractivity contribution in [2.45, 2.75) is 196 Å². The van der Waals surface area contributed by atoms with E-state index in [0.717, 1.165) is 53.0 Å². The molecule has 4 fully saturated rings. The van der Waals surface area contributed by atoms with E-state index in [0.29, 0.717) is 0 Å². The van der Waals surface area contributed by atoms with Crippen LogP contribution in [0.3, 0.4) is 0 Å². The number of carbonyl (C=O) groups is 19. The third-order valence-corrected chi connectivity index (χ3v) is 23.1. The highest BCUT2D eigenvalue weighted by atomic mass is 33.1. The maximum atomic E-state index is 14.9. The van der Waals surface area contributed by atoms with E-state index in [1.54, 1.807) is 13.8 Å². The summed E-state index contributed by atoms with van der Waals surface area (Å²) in [6, 6.07) is -25.4. The van der Waals surface area contributed by atoms with Gasteiger partial charge in [-0.05, 0) is 57.3 Å². The van der Waals surface area contributed by atoms with E-state index in [9.17, 15) is 106 Å². The van der Waals surface area contributed by atoms with Crippen LogP contribution in [0.2, 0.25) is 0 Å². The van der Waals surface area contributed by atoms with Gasteiger partial charge in [-0.25, -0.2) is 9.97 Å². The highest BCUT2D eigenvalue weighted by Gasteiger charge is 2.44. The standard InChI is InChI=1S/C66H98N22O22S4/c1-29(2)14-35-55(99)83-41(52(69)96)23-111-113-26-44-61(105)82-40(22-89)58(102)81-39(16-33-21-71-28-73-33)66(110)87-12-6-8-45(87)62(106)74-31(5)53(97)84-43(25-114-112-24-42(59(103)85-44)75-48(91)19-67)60(104)78-37(18-50(94)95)57(101)86-51(30(3)4)64(108)79-36(17-47(68)90)56(100)80-38(15-32-20-70-27-72-32)65(109)88-13-7-9-46(88)63(107)76-34(54(98)77-35)10-11-49(92)93/h20-21,27-31,34-46,51,89H,6-19,22-26,67H2,1-5H3,(H2,68,90)(H2,69,96)(H,70,72)(H,71,73)(H,74,106)(H,75,91)(H,76,107)(H,77,98)(H,78,104)(H,79,108)(H,80,100)(H,81,102)(H,82,105)(H,83,99)(H,84,97)(H,85,103)(H,86,101)(H,92,93)(H,94,95)/t31-,34-,35-,36-,37-,38-,39-,40-,41-,42-,43-,44-,45-,46-,51-/m0/s1. The minimum Gasteiger partial charge on any atom is -0.481 e. The van der Waals surface area contributed by atoms with Crippen molar-refractivity contribution in [1.29, 1.82) is 0 Å². The van der Waals surface area contributed by atoms with Gasteiger partial charge in [0.1, 0.15) is 90.6 Å². The summed E-state index contributed by atoms with van der Waals surface area (Å²) < 4.78 is 0. The van der Waals surface area contributed by atoms with Crippen LogP contribution in [-0.4, -0.2) is 297 Å². The van der Waals surface area contributed by atoms with E-state index in [-0.39, 0.29) is 69.4 Å². The fourth-order valence-electron chi connectivity index (χ4n) is 12.2. The second-order valence-electron chi connectivity index (χ2n) is 27.9. The van der Waals surface area contributed by atoms with Gasteiger partial charge in [0, 0.05) is 79.1 Å². The number of fused-ring (bicyclic) bond motifs is 10. The van der Waals surface area contributed by atoms with Crippen LogP contribution in [0.25, 0.3) is 0 Å². The Morgan fingerprint density at radius 3 is 1.46 bits per heavy atom. The first-order valence-corrected chi connectivity index (χ1v) is 41.3. The van der Waals surface area contributed by atoms with Crippen molar-refractivity contribution in [1.82, 2.24) is 98.9 Å².